The number of hydrogen-bond acceptors (Lipinski definition) is 4. The number of aryl methyl sites for hydroxylation is 1. The maximum Gasteiger partial charge on any atom is 0.326 e. The van der Waals surface area contributed by atoms with Crippen molar-refractivity contribution in [2.75, 3.05) is 6.61 Å². The smallest absolute Gasteiger partial charge is 0.326 e. The van der Waals surface area contributed by atoms with Crippen LogP contribution in [0.2, 0.25) is 0 Å². The van der Waals surface area contributed by atoms with E-state index in [1.54, 1.807) is 24.3 Å². The van der Waals surface area contributed by atoms with Gasteiger partial charge in [-0.05, 0) is 19.1 Å². The highest BCUT2D eigenvalue weighted by molar-refractivity contribution is 5.87. The lowest BCUT2D eigenvalue weighted by Crippen LogP contribution is -2.44. The van der Waals surface area contributed by atoms with Crippen LogP contribution >= 0.6 is 0 Å². The maximum atomic E-state index is 11.5. The van der Waals surface area contributed by atoms with Crippen LogP contribution in [0.15, 0.2) is 24.3 Å². The number of amides is 1. The number of rotatable bonds is 7. The lowest BCUT2D eigenvalue weighted by Gasteiger charge is -2.12. The number of carbonyl (C=O) groups is 3. The highest BCUT2D eigenvalue weighted by Gasteiger charge is 2.23. The Morgan fingerprint density at radius 3 is 2.30 bits per heavy atom. The van der Waals surface area contributed by atoms with Crippen LogP contribution in [0.1, 0.15) is 12.0 Å². The Labute approximate surface area is 115 Å². The summed E-state index contributed by atoms with van der Waals surface area (Å²) in [6.07, 6.45) is -0.689. The number of nitrogens with one attached hydrogen (secondary N) is 1. The van der Waals surface area contributed by atoms with Gasteiger partial charge in [0.2, 0.25) is 0 Å². The second kappa shape index (κ2) is 7.13. The first-order valence-electron chi connectivity index (χ1n) is 5.82. The van der Waals surface area contributed by atoms with Crippen LogP contribution in [-0.4, -0.2) is 40.7 Å². The van der Waals surface area contributed by atoms with Crippen LogP contribution in [0.4, 0.5) is 0 Å². The Morgan fingerprint density at radius 2 is 1.80 bits per heavy atom. The quantitative estimate of drug-likeness (QED) is 0.667. The normalized spacial score (nSPS) is 11.4. The highest BCUT2D eigenvalue weighted by Crippen LogP contribution is 2.10. The van der Waals surface area contributed by atoms with Crippen molar-refractivity contribution in [3.8, 4) is 5.75 Å². The molecule has 1 rings (SSSR count). The van der Waals surface area contributed by atoms with Gasteiger partial charge in [0, 0.05) is 0 Å². The summed E-state index contributed by atoms with van der Waals surface area (Å²) < 4.78 is 5.16. The van der Waals surface area contributed by atoms with E-state index in [1.807, 2.05) is 6.92 Å². The van der Waals surface area contributed by atoms with Crippen molar-refractivity contribution < 1.29 is 29.3 Å². The number of carboxylic acid groups (broad SMARTS) is 2. The Balaban J connectivity index is 2.47. The standard InChI is InChI=1S/C13H15NO6/c1-8-2-4-9(5-3-8)20-7-11(15)14-10(13(18)19)6-12(16)17/h2-5,10H,6-7H2,1H3,(H,14,15)(H,16,17)(H,18,19). The molecule has 20 heavy (non-hydrogen) atoms. The molecule has 0 aliphatic rings. The minimum Gasteiger partial charge on any atom is -0.484 e. The second-order valence-electron chi connectivity index (χ2n) is 4.16. The van der Waals surface area contributed by atoms with Crippen LogP contribution in [0.3, 0.4) is 0 Å². The van der Waals surface area contributed by atoms with Crippen molar-refractivity contribution in [2.24, 2.45) is 0 Å². The van der Waals surface area contributed by atoms with Gasteiger partial charge in [-0.25, -0.2) is 4.79 Å². The molecule has 1 amide bonds. The van der Waals surface area contributed by atoms with E-state index < -0.39 is 30.3 Å². The Bertz CT molecular complexity index is 496. The molecule has 0 saturated carbocycles. The zero-order valence-electron chi connectivity index (χ0n) is 10.8. The van der Waals surface area contributed by atoms with Crippen molar-refractivity contribution in [3.63, 3.8) is 0 Å². The topological polar surface area (TPSA) is 113 Å². The fourth-order valence-corrected chi connectivity index (χ4v) is 1.39. The number of benzene rings is 1. The lowest BCUT2D eigenvalue weighted by atomic mass is 10.2. The van der Waals surface area contributed by atoms with E-state index in [0.717, 1.165) is 5.56 Å². The van der Waals surface area contributed by atoms with Crippen LogP contribution in [0.25, 0.3) is 0 Å². The molecular formula is C13H15NO6. The van der Waals surface area contributed by atoms with Crippen LogP contribution in [0.5, 0.6) is 5.75 Å². The summed E-state index contributed by atoms with van der Waals surface area (Å²) in [7, 11) is 0. The second-order valence-corrected chi connectivity index (χ2v) is 4.16. The van der Waals surface area contributed by atoms with Crippen molar-refractivity contribution in [3.05, 3.63) is 29.8 Å². The summed E-state index contributed by atoms with van der Waals surface area (Å²) in [5.74, 6) is -2.94. The number of hydrogen-bond donors (Lipinski definition) is 3. The van der Waals surface area contributed by atoms with Gasteiger partial charge in [0.05, 0.1) is 6.42 Å². The third kappa shape index (κ3) is 5.38. The zero-order chi connectivity index (χ0) is 15.1. The molecule has 0 radical (unpaired) electrons. The van der Waals surface area contributed by atoms with E-state index in [0.29, 0.717) is 5.75 Å². The predicted octanol–water partition coefficient (Wildman–Crippen LogP) is 0.418. The Kier molecular flexibility index (Phi) is 5.52. The molecule has 1 atom stereocenters. The van der Waals surface area contributed by atoms with Gasteiger partial charge in [0.15, 0.2) is 6.61 Å². The molecule has 1 aromatic rings. The molecule has 7 heteroatoms. The highest BCUT2D eigenvalue weighted by atomic mass is 16.5. The van der Waals surface area contributed by atoms with Crippen LogP contribution in [-0.2, 0) is 14.4 Å². The van der Waals surface area contributed by atoms with Gasteiger partial charge in [-0.1, -0.05) is 17.7 Å². The number of ether oxygens (including phenoxy) is 1. The SMILES string of the molecule is Cc1ccc(OCC(=O)NC(CC(=O)O)C(=O)O)cc1. The van der Waals surface area contributed by atoms with E-state index in [-0.39, 0.29) is 6.61 Å². The first-order chi connectivity index (χ1) is 9.38. The van der Waals surface area contributed by atoms with E-state index in [1.165, 1.54) is 0 Å². The van der Waals surface area contributed by atoms with Crippen LogP contribution in [0, 0.1) is 6.92 Å². The predicted molar refractivity (Wildman–Crippen MR) is 68.5 cm³/mol. The average Bonchev–Trinajstić information content (AvgIpc) is 2.36. The minimum atomic E-state index is -1.47. The van der Waals surface area contributed by atoms with Crippen LogP contribution < -0.4 is 10.1 Å². The van der Waals surface area contributed by atoms with E-state index >= 15 is 0 Å². The zero-order valence-corrected chi connectivity index (χ0v) is 10.8. The van der Waals surface area contributed by atoms with Crippen molar-refractivity contribution in [1.29, 1.82) is 0 Å². The molecule has 0 aromatic heterocycles. The van der Waals surface area contributed by atoms with Gasteiger partial charge >= 0.3 is 11.9 Å². The third-order valence-electron chi connectivity index (χ3n) is 2.40. The Morgan fingerprint density at radius 1 is 1.20 bits per heavy atom. The molecule has 1 aromatic carbocycles. The van der Waals surface area contributed by atoms with Gasteiger partial charge in [-0.15, -0.1) is 0 Å². The van der Waals surface area contributed by atoms with E-state index in [4.69, 9.17) is 14.9 Å². The molecule has 0 spiro atoms. The number of carbonyl (C=O) groups excluding carboxylic acids is 1. The monoisotopic (exact) mass is 281 g/mol. The average molecular weight is 281 g/mol. The molecule has 0 bridgehead atoms. The maximum absolute atomic E-state index is 11.5. The summed E-state index contributed by atoms with van der Waals surface area (Å²) in [5, 5.41) is 19.4. The van der Waals surface area contributed by atoms with E-state index in [2.05, 4.69) is 5.32 Å². The minimum absolute atomic E-state index is 0.382. The summed E-state index contributed by atoms with van der Waals surface area (Å²) in [5.41, 5.74) is 1.04. The van der Waals surface area contributed by atoms with Crippen molar-refractivity contribution in [2.45, 2.75) is 19.4 Å². The molecule has 108 valence electrons. The summed E-state index contributed by atoms with van der Waals surface area (Å²) >= 11 is 0. The lowest BCUT2D eigenvalue weighted by molar-refractivity contribution is -0.147. The Hall–Kier alpha value is -2.57. The molecule has 3 N–H and O–H groups in total. The first kappa shape index (κ1) is 15.5. The fraction of sp³-hybridized carbons (Fsp3) is 0.308. The van der Waals surface area contributed by atoms with Gasteiger partial charge in [0.1, 0.15) is 11.8 Å². The molecule has 7 nitrogen and oxygen atoms in total. The number of aliphatic carboxylic acids is 2. The van der Waals surface area contributed by atoms with Gasteiger partial charge in [0.25, 0.3) is 5.91 Å². The number of carboxylic acids is 2. The van der Waals surface area contributed by atoms with Crippen molar-refractivity contribution >= 4 is 17.8 Å². The largest absolute Gasteiger partial charge is 0.484 e. The first-order valence-corrected chi connectivity index (χ1v) is 5.82. The summed E-state index contributed by atoms with van der Waals surface area (Å²) in [6, 6.07) is 5.49. The fourth-order valence-electron chi connectivity index (χ4n) is 1.39. The third-order valence-corrected chi connectivity index (χ3v) is 2.40. The molecule has 0 heterocycles. The van der Waals surface area contributed by atoms with Gasteiger partial charge < -0.3 is 20.3 Å². The van der Waals surface area contributed by atoms with E-state index in [9.17, 15) is 14.4 Å². The summed E-state index contributed by atoms with van der Waals surface area (Å²) in [4.78, 5) is 32.7. The summed E-state index contributed by atoms with van der Waals surface area (Å²) in [6.45, 7) is 1.52. The molecule has 1 unspecified atom stereocenters. The molecule has 0 fully saturated rings. The molecule has 0 aliphatic carbocycles. The molecule has 0 saturated heterocycles. The molecule has 0 aliphatic heterocycles. The van der Waals surface area contributed by atoms with Gasteiger partial charge in [-0.3, -0.25) is 9.59 Å². The van der Waals surface area contributed by atoms with Crippen molar-refractivity contribution in [1.82, 2.24) is 5.32 Å². The van der Waals surface area contributed by atoms with Gasteiger partial charge in [-0.2, -0.15) is 0 Å². The molecular weight excluding hydrogens is 266 g/mol.